The van der Waals surface area contributed by atoms with Crippen LogP contribution in [0.15, 0.2) is 33.5 Å². The van der Waals surface area contributed by atoms with E-state index in [-0.39, 0.29) is 5.92 Å². The molecule has 2 rings (SSSR count). The first kappa shape index (κ1) is 20.5. The molecule has 1 amide bonds. The molecule has 1 unspecified atom stereocenters. The van der Waals surface area contributed by atoms with Crippen molar-refractivity contribution in [3.63, 3.8) is 0 Å². The fourth-order valence-corrected chi connectivity index (χ4v) is 2.80. The first-order valence-electron chi connectivity index (χ1n) is 8.99. The van der Waals surface area contributed by atoms with Gasteiger partial charge in [0.2, 0.25) is 0 Å². The zero-order valence-electron chi connectivity index (χ0n) is 15.9. The van der Waals surface area contributed by atoms with Crippen LogP contribution >= 0.6 is 0 Å². The van der Waals surface area contributed by atoms with Gasteiger partial charge < -0.3 is 19.6 Å². The molecule has 0 spiro atoms. The van der Waals surface area contributed by atoms with E-state index >= 15 is 0 Å². The number of carboxylic acid groups (broad SMARTS) is 1. The summed E-state index contributed by atoms with van der Waals surface area (Å²) < 4.78 is 10.9. The van der Waals surface area contributed by atoms with Gasteiger partial charge in [0.05, 0.1) is 0 Å². The molecule has 2 atom stereocenters. The molecule has 27 heavy (non-hydrogen) atoms. The first-order valence-corrected chi connectivity index (χ1v) is 8.99. The molecule has 1 heterocycles. The molecule has 0 fully saturated rings. The van der Waals surface area contributed by atoms with Crippen LogP contribution in [-0.2, 0) is 16.0 Å². The maximum Gasteiger partial charge on any atom is 0.336 e. The quantitative estimate of drug-likeness (QED) is 0.687. The Morgan fingerprint density at radius 2 is 1.93 bits per heavy atom. The minimum atomic E-state index is -1.10. The average molecular weight is 375 g/mol. The smallest absolute Gasteiger partial charge is 0.336 e. The van der Waals surface area contributed by atoms with Gasteiger partial charge in [-0.05, 0) is 37.0 Å². The molecule has 0 bridgehead atoms. The van der Waals surface area contributed by atoms with Gasteiger partial charge in [-0.15, -0.1) is 0 Å². The maximum atomic E-state index is 12.3. The Morgan fingerprint density at radius 1 is 1.22 bits per heavy atom. The van der Waals surface area contributed by atoms with Crippen molar-refractivity contribution in [3.8, 4) is 5.75 Å². The van der Waals surface area contributed by atoms with E-state index in [9.17, 15) is 19.5 Å². The van der Waals surface area contributed by atoms with Gasteiger partial charge in [-0.1, -0.05) is 27.2 Å². The van der Waals surface area contributed by atoms with E-state index in [1.165, 1.54) is 13.0 Å². The lowest BCUT2D eigenvalue weighted by Gasteiger charge is -2.21. The van der Waals surface area contributed by atoms with Gasteiger partial charge >= 0.3 is 11.6 Å². The fraction of sp³-hybridized carbons (Fsp3) is 0.450. The number of rotatable bonds is 8. The number of carbonyl (C=O) groups excluding carboxylic acids is 1. The van der Waals surface area contributed by atoms with Crippen molar-refractivity contribution in [2.75, 3.05) is 0 Å². The highest BCUT2D eigenvalue weighted by molar-refractivity contribution is 5.86. The highest BCUT2D eigenvalue weighted by Gasteiger charge is 2.26. The fourth-order valence-electron chi connectivity index (χ4n) is 2.80. The predicted molar refractivity (Wildman–Crippen MR) is 101 cm³/mol. The van der Waals surface area contributed by atoms with Crippen molar-refractivity contribution in [2.45, 2.75) is 52.7 Å². The number of benzene rings is 1. The number of carboxylic acids is 1. The van der Waals surface area contributed by atoms with Crippen molar-refractivity contribution in [3.05, 3.63) is 40.2 Å². The van der Waals surface area contributed by atoms with Crippen molar-refractivity contribution >= 4 is 22.8 Å². The monoisotopic (exact) mass is 375 g/mol. The highest BCUT2D eigenvalue weighted by Crippen LogP contribution is 2.24. The lowest BCUT2D eigenvalue weighted by atomic mass is 10.0. The largest absolute Gasteiger partial charge is 0.481 e. The van der Waals surface area contributed by atoms with Crippen LogP contribution in [0, 0.1) is 5.92 Å². The summed E-state index contributed by atoms with van der Waals surface area (Å²) in [7, 11) is 0. The van der Waals surface area contributed by atoms with Crippen LogP contribution in [0.25, 0.3) is 11.0 Å². The van der Waals surface area contributed by atoms with Gasteiger partial charge in [0.15, 0.2) is 6.10 Å². The van der Waals surface area contributed by atoms with Crippen molar-refractivity contribution < 1.29 is 23.8 Å². The van der Waals surface area contributed by atoms with E-state index < -0.39 is 29.6 Å². The number of aryl methyl sites for hydroxylation is 1. The Labute approximate surface area is 157 Å². The maximum absolute atomic E-state index is 12.3. The molecule has 0 radical (unpaired) electrons. The summed E-state index contributed by atoms with van der Waals surface area (Å²) in [6.45, 7) is 6.98. The lowest BCUT2D eigenvalue weighted by molar-refractivity contribution is -0.144. The van der Waals surface area contributed by atoms with E-state index in [1.54, 1.807) is 32.0 Å². The highest BCUT2D eigenvalue weighted by atomic mass is 16.5. The van der Waals surface area contributed by atoms with Crippen LogP contribution in [0.4, 0.5) is 0 Å². The summed E-state index contributed by atoms with van der Waals surface area (Å²) in [6, 6.07) is 5.55. The Hall–Kier alpha value is -2.83. The standard InChI is InChI=1S/C20H25NO6/c1-5-6-13-9-17(22)27-16-10-14(7-8-15(13)16)26-12(4)19(23)21-18(11(2)3)20(24)25/h7-12,18H,5-6H2,1-4H3,(H,21,23)(H,24,25)/t12?,18-/m1/s1. The molecule has 0 saturated heterocycles. The summed E-state index contributed by atoms with van der Waals surface area (Å²) in [5, 5.41) is 12.5. The molecule has 0 aliphatic carbocycles. The number of ether oxygens (including phenoxy) is 1. The summed E-state index contributed by atoms with van der Waals surface area (Å²) in [5.74, 6) is -1.53. The van der Waals surface area contributed by atoms with Gasteiger partial charge in [-0.2, -0.15) is 0 Å². The zero-order valence-corrected chi connectivity index (χ0v) is 15.9. The second kappa shape index (κ2) is 8.70. The molecule has 7 heteroatoms. The van der Waals surface area contributed by atoms with Crippen LogP contribution in [0.1, 0.15) is 39.7 Å². The van der Waals surface area contributed by atoms with Gasteiger partial charge in [-0.3, -0.25) is 4.79 Å². The third-order valence-corrected chi connectivity index (χ3v) is 4.23. The van der Waals surface area contributed by atoms with E-state index in [4.69, 9.17) is 9.15 Å². The van der Waals surface area contributed by atoms with Crippen LogP contribution in [0.3, 0.4) is 0 Å². The molecule has 7 nitrogen and oxygen atoms in total. The minimum Gasteiger partial charge on any atom is -0.481 e. The normalized spacial score (nSPS) is 13.4. The van der Waals surface area contributed by atoms with E-state index in [0.29, 0.717) is 11.3 Å². The van der Waals surface area contributed by atoms with Gasteiger partial charge in [0.25, 0.3) is 5.91 Å². The second-order valence-corrected chi connectivity index (χ2v) is 6.83. The van der Waals surface area contributed by atoms with Gasteiger partial charge in [-0.25, -0.2) is 9.59 Å². The van der Waals surface area contributed by atoms with Crippen LogP contribution in [0.2, 0.25) is 0 Å². The lowest BCUT2D eigenvalue weighted by Crippen LogP contribution is -2.48. The molecule has 1 aromatic heterocycles. The molecular weight excluding hydrogens is 350 g/mol. The summed E-state index contributed by atoms with van der Waals surface area (Å²) >= 11 is 0. The minimum absolute atomic E-state index is 0.259. The molecular formula is C20H25NO6. The van der Waals surface area contributed by atoms with Crippen LogP contribution in [-0.4, -0.2) is 29.1 Å². The third-order valence-electron chi connectivity index (χ3n) is 4.23. The van der Waals surface area contributed by atoms with Gasteiger partial charge in [0.1, 0.15) is 17.4 Å². The molecule has 0 aliphatic rings. The second-order valence-electron chi connectivity index (χ2n) is 6.83. The molecule has 1 aromatic carbocycles. The number of nitrogens with one attached hydrogen (secondary N) is 1. The van der Waals surface area contributed by atoms with Crippen molar-refractivity contribution in [1.29, 1.82) is 0 Å². The zero-order chi connectivity index (χ0) is 20.1. The molecule has 2 aromatic rings. The third kappa shape index (κ3) is 5.09. The SMILES string of the molecule is CCCc1cc(=O)oc2cc(OC(C)C(=O)N[C@@H](C(=O)O)C(C)C)ccc12. The van der Waals surface area contributed by atoms with Gasteiger partial charge in [0, 0.05) is 17.5 Å². The van der Waals surface area contributed by atoms with Crippen LogP contribution < -0.4 is 15.7 Å². The van der Waals surface area contributed by atoms with Crippen molar-refractivity contribution in [2.24, 2.45) is 5.92 Å². The Morgan fingerprint density at radius 3 is 2.52 bits per heavy atom. The molecule has 146 valence electrons. The van der Waals surface area contributed by atoms with E-state index in [1.807, 2.05) is 6.92 Å². The topological polar surface area (TPSA) is 106 Å². The summed E-state index contributed by atoms with van der Waals surface area (Å²) in [6.07, 6.45) is 0.746. The van der Waals surface area contributed by atoms with Crippen LogP contribution in [0.5, 0.6) is 5.75 Å². The molecule has 0 aliphatic heterocycles. The number of amides is 1. The number of carbonyl (C=O) groups is 2. The van der Waals surface area contributed by atoms with Crippen molar-refractivity contribution in [1.82, 2.24) is 5.32 Å². The Bertz CT molecular complexity index is 886. The first-order chi connectivity index (χ1) is 12.7. The number of hydrogen-bond acceptors (Lipinski definition) is 5. The molecule has 0 saturated carbocycles. The predicted octanol–water partition coefficient (Wildman–Crippen LogP) is 2.74. The summed E-state index contributed by atoms with van der Waals surface area (Å²) in [5.41, 5.74) is 0.860. The molecule has 2 N–H and O–H groups in total. The number of hydrogen-bond donors (Lipinski definition) is 2. The average Bonchev–Trinajstić information content (AvgIpc) is 2.58. The van der Waals surface area contributed by atoms with E-state index in [0.717, 1.165) is 23.8 Å². The number of aliphatic carboxylic acids is 1. The summed E-state index contributed by atoms with van der Waals surface area (Å²) in [4.78, 5) is 35.2. The number of fused-ring (bicyclic) bond motifs is 1. The van der Waals surface area contributed by atoms with E-state index in [2.05, 4.69) is 5.32 Å². The Balaban J connectivity index is 2.19. The Kier molecular flexibility index (Phi) is 6.60.